The number of carbonyl (C=O) groups excluding carboxylic acids is 4. The highest BCUT2D eigenvalue weighted by molar-refractivity contribution is 6.15. The molecule has 9 heteroatoms. The Morgan fingerprint density at radius 2 is 1.93 bits per heavy atom. The van der Waals surface area contributed by atoms with Crippen molar-refractivity contribution in [1.29, 1.82) is 0 Å². The fourth-order valence-electron chi connectivity index (χ4n) is 4.98. The van der Waals surface area contributed by atoms with Gasteiger partial charge < -0.3 is 11.1 Å². The molecule has 0 unspecified atom stereocenters. The smallest absolute Gasteiger partial charge is 0.250 e. The zero-order chi connectivity index (χ0) is 21.3. The maximum absolute atomic E-state index is 14.1. The third-order valence-corrected chi connectivity index (χ3v) is 6.05. The van der Waals surface area contributed by atoms with Gasteiger partial charge in [-0.3, -0.25) is 29.4 Å². The molecule has 29 heavy (non-hydrogen) atoms. The molecule has 2 saturated heterocycles. The Kier molecular flexibility index (Phi) is 4.10. The van der Waals surface area contributed by atoms with E-state index >= 15 is 0 Å². The number of hydrogen-bond acceptors (Lipinski definition) is 5. The first-order chi connectivity index (χ1) is 13.5. The minimum Gasteiger partial charge on any atom is -0.370 e. The first-order valence-electron chi connectivity index (χ1n) is 9.54. The molecule has 1 spiro atoms. The average molecular weight is 402 g/mol. The molecular weight excluding hydrogens is 379 g/mol. The highest BCUT2D eigenvalue weighted by atomic mass is 19.1. The second-order valence-electron chi connectivity index (χ2n) is 8.89. The number of nitrogens with one attached hydrogen (secondary N) is 2. The maximum Gasteiger partial charge on any atom is 0.250 e. The van der Waals surface area contributed by atoms with Crippen LogP contribution < -0.4 is 16.4 Å². The summed E-state index contributed by atoms with van der Waals surface area (Å²) in [6.07, 6.45) is 0.179. The number of carbonyl (C=O) groups is 4. The lowest BCUT2D eigenvalue weighted by Crippen LogP contribution is -2.55. The molecule has 1 aromatic rings. The van der Waals surface area contributed by atoms with Crippen molar-refractivity contribution in [3.8, 4) is 0 Å². The number of nitrogens with two attached hydrogens (primary N) is 1. The number of benzene rings is 1. The van der Waals surface area contributed by atoms with Gasteiger partial charge in [0, 0.05) is 29.3 Å². The molecule has 4 atom stereocenters. The minimum atomic E-state index is -1.57. The Hall–Kier alpha value is -2.81. The molecule has 3 aliphatic heterocycles. The summed E-state index contributed by atoms with van der Waals surface area (Å²) in [4.78, 5) is 52.4. The SMILES string of the molecule is CC(C)(C)N1C(=O)[C@H]2[C@@H](C1=O)[C@@]1(N[C@@H]2CCC(N)=O)C(=O)Nc2ccc(F)cc21. The zero-order valence-corrected chi connectivity index (χ0v) is 16.4. The molecule has 4 N–H and O–H groups in total. The summed E-state index contributed by atoms with van der Waals surface area (Å²) in [5.74, 6) is -4.36. The minimum absolute atomic E-state index is 0.00835. The van der Waals surface area contributed by atoms with E-state index in [1.54, 1.807) is 20.8 Å². The predicted octanol–water partition coefficient (Wildman–Crippen LogP) is 0.610. The molecule has 0 aromatic heterocycles. The third-order valence-electron chi connectivity index (χ3n) is 6.05. The van der Waals surface area contributed by atoms with E-state index in [2.05, 4.69) is 10.6 Å². The van der Waals surface area contributed by atoms with E-state index in [9.17, 15) is 23.6 Å². The third kappa shape index (κ3) is 2.60. The van der Waals surface area contributed by atoms with Crippen molar-refractivity contribution in [2.75, 3.05) is 5.32 Å². The van der Waals surface area contributed by atoms with Crippen LogP contribution in [0.4, 0.5) is 10.1 Å². The van der Waals surface area contributed by atoms with Crippen LogP contribution in [-0.4, -0.2) is 40.1 Å². The van der Waals surface area contributed by atoms with E-state index in [-0.39, 0.29) is 12.8 Å². The number of anilines is 1. The van der Waals surface area contributed by atoms with Crippen molar-refractivity contribution >= 4 is 29.3 Å². The number of halogens is 1. The second kappa shape index (κ2) is 6.09. The van der Waals surface area contributed by atoms with Crippen molar-refractivity contribution in [2.45, 2.75) is 50.7 Å². The first kappa shape index (κ1) is 19.5. The Morgan fingerprint density at radius 3 is 2.55 bits per heavy atom. The highest BCUT2D eigenvalue weighted by Crippen LogP contribution is 2.54. The van der Waals surface area contributed by atoms with Crippen LogP contribution in [0.1, 0.15) is 39.2 Å². The van der Waals surface area contributed by atoms with Crippen LogP contribution in [-0.2, 0) is 24.7 Å². The lowest BCUT2D eigenvalue weighted by molar-refractivity contribution is -0.148. The molecule has 1 aromatic carbocycles. The normalized spacial score (nSPS) is 30.7. The summed E-state index contributed by atoms with van der Waals surface area (Å²) in [6.45, 7) is 5.22. The molecule has 0 bridgehead atoms. The van der Waals surface area contributed by atoms with Gasteiger partial charge in [-0.1, -0.05) is 0 Å². The van der Waals surface area contributed by atoms with Crippen molar-refractivity contribution in [3.05, 3.63) is 29.6 Å². The van der Waals surface area contributed by atoms with Gasteiger partial charge in [-0.05, 0) is 45.4 Å². The Balaban J connectivity index is 1.88. The molecule has 2 fully saturated rings. The fourth-order valence-corrected chi connectivity index (χ4v) is 4.98. The van der Waals surface area contributed by atoms with E-state index in [4.69, 9.17) is 5.73 Å². The number of hydrogen-bond donors (Lipinski definition) is 3. The average Bonchev–Trinajstić information content (AvgIpc) is 3.18. The maximum atomic E-state index is 14.1. The molecule has 0 saturated carbocycles. The van der Waals surface area contributed by atoms with Gasteiger partial charge in [0.25, 0.3) is 0 Å². The first-order valence-corrected chi connectivity index (χ1v) is 9.54. The molecule has 0 aliphatic carbocycles. The summed E-state index contributed by atoms with van der Waals surface area (Å²) in [5, 5.41) is 5.84. The summed E-state index contributed by atoms with van der Waals surface area (Å²) in [6, 6.07) is 3.24. The van der Waals surface area contributed by atoms with Crippen LogP contribution in [0.25, 0.3) is 0 Å². The lowest BCUT2D eigenvalue weighted by atomic mass is 9.76. The number of imide groups is 1. The van der Waals surface area contributed by atoms with Gasteiger partial charge in [-0.15, -0.1) is 0 Å². The van der Waals surface area contributed by atoms with Crippen LogP contribution in [0.3, 0.4) is 0 Å². The van der Waals surface area contributed by atoms with Crippen LogP contribution >= 0.6 is 0 Å². The summed E-state index contributed by atoms with van der Waals surface area (Å²) in [7, 11) is 0. The highest BCUT2D eigenvalue weighted by Gasteiger charge is 2.71. The van der Waals surface area contributed by atoms with Gasteiger partial charge in [-0.2, -0.15) is 0 Å². The van der Waals surface area contributed by atoms with E-state index in [0.29, 0.717) is 11.3 Å². The van der Waals surface area contributed by atoms with E-state index in [1.165, 1.54) is 23.1 Å². The fraction of sp³-hybridized carbons (Fsp3) is 0.500. The lowest BCUT2D eigenvalue weighted by Gasteiger charge is -2.34. The largest absolute Gasteiger partial charge is 0.370 e. The van der Waals surface area contributed by atoms with Crippen molar-refractivity contribution in [1.82, 2.24) is 10.2 Å². The predicted molar refractivity (Wildman–Crippen MR) is 101 cm³/mol. The van der Waals surface area contributed by atoms with Gasteiger partial charge in [0.15, 0.2) is 0 Å². The molecular formula is C20H23FN4O4. The van der Waals surface area contributed by atoms with Crippen LogP contribution in [0.2, 0.25) is 0 Å². The van der Waals surface area contributed by atoms with Gasteiger partial charge in [0.2, 0.25) is 23.6 Å². The molecule has 4 amide bonds. The second-order valence-corrected chi connectivity index (χ2v) is 8.89. The number of fused-ring (bicyclic) bond motifs is 4. The van der Waals surface area contributed by atoms with Crippen LogP contribution in [0.15, 0.2) is 18.2 Å². The van der Waals surface area contributed by atoms with Crippen LogP contribution in [0, 0.1) is 17.7 Å². The van der Waals surface area contributed by atoms with Crippen molar-refractivity contribution < 1.29 is 23.6 Å². The quantitative estimate of drug-likeness (QED) is 0.640. The summed E-state index contributed by atoms with van der Waals surface area (Å²) >= 11 is 0. The molecule has 3 heterocycles. The van der Waals surface area contributed by atoms with Crippen LogP contribution in [0.5, 0.6) is 0 Å². The van der Waals surface area contributed by atoms with Crippen molar-refractivity contribution in [3.63, 3.8) is 0 Å². The van der Waals surface area contributed by atoms with Gasteiger partial charge in [-0.25, -0.2) is 4.39 Å². The number of primary amides is 1. The number of nitrogens with zero attached hydrogens (tertiary/aromatic N) is 1. The Morgan fingerprint density at radius 1 is 1.24 bits per heavy atom. The van der Waals surface area contributed by atoms with Crippen molar-refractivity contribution in [2.24, 2.45) is 17.6 Å². The number of likely N-dealkylation sites (tertiary alicyclic amines) is 1. The Labute approximate surface area is 167 Å². The molecule has 154 valence electrons. The number of amides is 4. The molecule has 3 aliphatic rings. The van der Waals surface area contributed by atoms with E-state index in [0.717, 1.165) is 0 Å². The molecule has 0 radical (unpaired) electrons. The topological polar surface area (TPSA) is 122 Å². The van der Waals surface area contributed by atoms with Gasteiger partial charge in [0.05, 0.1) is 11.8 Å². The van der Waals surface area contributed by atoms with Gasteiger partial charge >= 0.3 is 0 Å². The zero-order valence-electron chi connectivity index (χ0n) is 16.4. The van der Waals surface area contributed by atoms with E-state index < -0.39 is 58.4 Å². The standard InChI is InChI=1S/C20H23FN4O4/c1-19(2,3)25-16(27)14-12(6-7-13(22)26)24-20(15(14)17(25)28)10-8-9(21)4-5-11(10)23-18(20)29/h4-5,8,12,14-15,24H,6-7H2,1-3H3,(H2,22,26)(H,23,29)/t12-,14-,15+,20-/m1/s1. The van der Waals surface area contributed by atoms with Gasteiger partial charge in [0.1, 0.15) is 11.4 Å². The Bertz CT molecular complexity index is 956. The number of rotatable bonds is 3. The molecule has 8 nitrogen and oxygen atoms in total. The summed E-state index contributed by atoms with van der Waals surface area (Å²) in [5.41, 5.74) is 3.62. The van der Waals surface area contributed by atoms with E-state index in [1.807, 2.05) is 0 Å². The summed E-state index contributed by atoms with van der Waals surface area (Å²) < 4.78 is 14.1. The monoisotopic (exact) mass is 402 g/mol. The molecule has 4 rings (SSSR count).